The summed E-state index contributed by atoms with van der Waals surface area (Å²) in [7, 11) is 0. The fourth-order valence-electron chi connectivity index (χ4n) is 1.96. The number of rotatable bonds is 3. The van der Waals surface area contributed by atoms with Crippen molar-refractivity contribution < 1.29 is 4.74 Å². The first kappa shape index (κ1) is 16.8. The number of hydrogen-bond donors (Lipinski definition) is 0. The molecule has 0 N–H and O–H groups in total. The molecular formula is C21H23NO. The first-order chi connectivity index (χ1) is 11.0. The average molecular weight is 305 g/mol. The Hall–Kier alpha value is -2.53. The van der Waals surface area contributed by atoms with E-state index >= 15 is 0 Å². The molecule has 0 saturated heterocycles. The van der Waals surface area contributed by atoms with E-state index in [1.165, 1.54) is 0 Å². The van der Waals surface area contributed by atoms with Crippen LogP contribution in [0.25, 0.3) is 0 Å². The quantitative estimate of drug-likeness (QED) is 0.595. The molecule has 0 aliphatic heterocycles. The lowest BCUT2D eigenvalue weighted by Crippen LogP contribution is -2.09. The highest BCUT2D eigenvalue weighted by Gasteiger charge is 2.05. The largest absolute Gasteiger partial charge is 0.494 e. The summed E-state index contributed by atoms with van der Waals surface area (Å²) in [4.78, 5) is 4.57. The van der Waals surface area contributed by atoms with Crippen LogP contribution >= 0.6 is 0 Å². The normalized spacial score (nSPS) is 11.1. The van der Waals surface area contributed by atoms with Gasteiger partial charge in [0.25, 0.3) is 0 Å². The van der Waals surface area contributed by atoms with E-state index in [1.807, 2.05) is 61.7 Å². The van der Waals surface area contributed by atoms with Crippen LogP contribution in [0.4, 0.5) is 0 Å². The third kappa shape index (κ3) is 5.64. The lowest BCUT2D eigenvalue weighted by Gasteiger charge is -2.11. The van der Waals surface area contributed by atoms with Gasteiger partial charge in [-0.1, -0.05) is 36.1 Å². The van der Waals surface area contributed by atoms with Crippen LogP contribution in [0.2, 0.25) is 0 Å². The van der Waals surface area contributed by atoms with Gasteiger partial charge >= 0.3 is 0 Å². The molecule has 0 aliphatic rings. The monoisotopic (exact) mass is 305 g/mol. The summed E-state index contributed by atoms with van der Waals surface area (Å²) < 4.78 is 5.51. The highest BCUT2D eigenvalue weighted by molar-refractivity contribution is 5.83. The second kappa shape index (κ2) is 7.65. The Bertz CT molecular complexity index is 742. The van der Waals surface area contributed by atoms with Gasteiger partial charge in [0.1, 0.15) is 5.75 Å². The van der Waals surface area contributed by atoms with Crippen molar-refractivity contribution in [1.82, 2.24) is 0 Å². The molecule has 2 heteroatoms. The van der Waals surface area contributed by atoms with Gasteiger partial charge in [0.05, 0.1) is 12.1 Å². The summed E-state index contributed by atoms with van der Waals surface area (Å²) in [6.45, 7) is 8.87. The van der Waals surface area contributed by atoms with Crippen molar-refractivity contribution in [3.8, 4) is 17.6 Å². The van der Waals surface area contributed by atoms with Crippen molar-refractivity contribution in [3.05, 3.63) is 65.2 Å². The molecule has 0 radical (unpaired) electrons. The second-order valence-electron chi connectivity index (χ2n) is 6.23. The van der Waals surface area contributed by atoms with E-state index in [1.54, 1.807) is 0 Å². The highest BCUT2D eigenvalue weighted by Crippen LogP contribution is 2.13. The van der Waals surface area contributed by atoms with Crippen LogP contribution < -0.4 is 4.74 Å². The van der Waals surface area contributed by atoms with E-state index in [-0.39, 0.29) is 5.54 Å². The minimum Gasteiger partial charge on any atom is -0.494 e. The minimum atomic E-state index is -0.0909. The summed E-state index contributed by atoms with van der Waals surface area (Å²) in [5, 5.41) is 0. The van der Waals surface area contributed by atoms with Gasteiger partial charge in [0.15, 0.2) is 0 Å². The van der Waals surface area contributed by atoms with Gasteiger partial charge in [-0.3, -0.25) is 4.99 Å². The third-order valence-corrected chi connectivity index (χ3v) is 3.04. The molecule has 118 valence electrons. The predicted molar refractivity (Wildman–Crippen MR) is 97.4 cm³/mol. The standard InChI is InChI=1S/C21H23NO/c1-5-23-20-12-8-9-17(15-20)13-14-18-10-6-7-11-19(18)16-22-21(2,3)4/h6-12,15-16H,5H2,1-4H3. The summed E-state index contributed by atoms with van der Waals surface area (Å²) in [5.41, 5.74) is 2.86. The molecule has 0 aromatic heterocycles. The number of nitrogens with zero attached hydrogens (tertiary/aromatic N) is 1. The fourth-order valence-corrected chi connectivity index (χ4v) is 1.96. The zero-order valence-electron chi connectivity index (χ0n) is 14.3. The molecule has 2 nitrogen and oxygen atoms in total. The van der Waals surface area contributed by atoms with Gasteiger partial charge in [-0.25, -0.2) is 0 Å². The van der Waals surface area contributed by atoms with E-state index in [0.717, 1.165) is 22.4 Å². The van der Waals surface area contributed by atoms with Gasteiger partial charge < -0.3 is 4.74 Å². The average Bonchev–Trinajstić information content (AvgIpc) is 2.52. The van der Waals surface area contributed by atoms with Crippen molar-refractivity contribution >= 4 is 6.21 Å². The van der Waals surface area contributed by atoms with E-state index in [9.17, 15) is 0 Å². The van der Waals surface area contributed by atoms with Crippen LogP contribution in [0.5, 0.6) is 5.75 Å². The second-order valence-corrected chi connectivity index (χ2v) is 6.23. The van der Waals surface area contributed by atoms with Crippen molar-refractivity contribution in [2.24, 2.45) is 4.99 Å². The molecule has 0 heterocycles. The first-order valence-corrected chi connectivity index (χ1v) is 7.87. The zero-order valence-corrected chi connectivity index (χ0v) is 14.3. The maximum atomic E-state index is 5.51. The number of aliphatic imine (C=N–C) groups is 1. The molecule has 2 aromatic carbocycles. The van der Waals surface area contributed by atoms with Gasteiger partial charge in [-0.05, 0) is 52.0 Å². The Labute approximate surface area is 139 Å². The molecule has 23 heavy (non-hydrogen) atoms. The molecule has 0 unspecified atom stereocenters. The maximum Gasteiger partial charge on any atom is 0.120 e. The molecular weight excluding hydrogens is 282 g/mol. The summed E-state index contributed by atoms with van der Waals surface area (Å²) in [5.74, 6) is 7.29. The predicted octanol–water partition coefficient (Wildman–Crippen LogP) is 4.70. The van der Waals surface area contributed by atoms with Crippen molar-refractivity contribution in [2.75, 3.05) is 6.61 Å². The lowest BCUT2D eigenvalue weighted by molar-refractivity contribution is 0.340. The Morgan fingerprint density at radius 2 is 1.83 bits per heavy atom. The minimum absolute atomic E-state index is 0.0909. The molecule has 0 saturated carbocycles. The molecule has 0 atom stereocenters. The Kier molecular flexibility index (Phi) is 5.60. The number of benzene rings is 2. The molecule has 0 amide bonds. The van der Waals surface area contributed by atoms with Crippen molar-refractivity contribution in [2.45, 2.75) is 33.2 Å². The highest BCUT2D eigenvalue weighted by atomic mass is 16.5. The number of hydrogen-bond acceptors (Lipinski definition) is 2. The summed E-state index contributed by atoms with van der Waals surface area (Å²) >= 11 is 0. The maximum absolute atomic E-state index is 5.51. The Morgan fingerprint density at radius 3 is 2.57 bits per heavy atom. The SMILES string of the molecule is CCOc1cccc(C#Cc2ccccc2C=NC(C)(C)C)c1. The summed E-state index contributed by atoms with van der Waals surface area (Å²) in [6.07, 6.45) is 1.90. The number of ether oxygens (including phenoxy) is 1. The van der Waals surface area contributed by atoms with E-state index < -0.39 is 0 Å². The van der Waals surface area contributed by atoms with E-state index in [4.69, 9.17) is 4.74 Å². The first-order valence-electron chi connectivity index (χ1n) is 7.87. The molecule has 2 aromatic rings. The van der Waals surface area contributed by atoms with Crippen LogP contribution in [0.3, 0.4) is 0 Å². The fraction of sp³-hybridized carbons (Fsp3) is 0.286. The third-order valence-electron chi connectivity index (χ3n) is 3.04. The van der Waals surface area contributed by atoms with Gasteiger partial charge in [0.2, 0.25) is 0 Å². The molecule has 0 spiro atoms. The van der Waals surface area contributed by atoms with E-state index in [0.29, 0.717) is 6.61 Å². The van der Waals surface area contributed by atoms with Crippen LogP contribution in [0.1, 0.15) is 44.4 Å². The Morgan fingerprint density at radius 1 is 1.04 bits per heavy atom. The Balaban J connectivity index is 2.28. The van der Waals surface area contributed by atoms with E-state index in [2.05, 4.69) is 37.6 Å². The smallest absolute Gasteiger partial charge is 0.120 e. The van der Waals surface area contributed by atoms with Crippen LogP contribution in [-0.2, 0) is 0 Å². The lowest BCUT2D eigenvalue weighted by atomic mass is 10.1. The van der Waals surface area contributed by atoms with Crippen LogP contribution in [0.15, 0.2) is 53.5 Å². The van der Waals surface area contributed by atoms with Crippen LogP contribution in [0, 0.1) is 11.8 Å². The van der Waals surface area contributed by atoms with Gasteiger partial charge in [0, 0.05) is 22.9 Å². The zero-order chi connectivity index (χ0) is 16.7. The molecule has 0 fully saturated rings. The molecule has 2 rings (SSSR count). The summed E-state index contributed by atoms with van der Waals surface area (Å²) in [6, 6.07) is 15.9. The molecule has 0 bridgehead atoms. The van der Waals surface area contributed by atoms with Crippen LogP contribution in [-0.4, -0.2) is 18.4 Å². The molecule has 0 aliphatic carbocycles. The van der Waals surface area contributed by atoms with Crippen molar-refractivity contribution in [3.63, 3.8) is 0 Å². The van der Waals surface area contributed by atoms with Gasteiger partial charge in [-0.15, -0.1) is 0 Å². The van der Waals surface area contributed by atoms with Gasteiger partial charge in [-0.2, -0.15) is 0 Å². The topological polar surface area (TPSA) is 21.6 Å². The van der Waals surface area contributed by atoms with Crippen molar-refractivity contribution in [1.29, 1.82) is 0 Å².